The Balaban J connectivity index is 1.52. The number of carbonyl (C=O) groups excluding carboxylic acids is 2. The first kappa shape index (κ1) is 17.9. The van der Waals surface area contributed by atoms with E-state index in [4.69, 9.17) is 4.74 Å². The van der Waals surface area contributed by atoms with E-state index in [1.165, 1.54) is 11.3 Å². The molecule has 2 N–H and O–H groups in total. The van der Waals surface area contributed by atoms with Crippen LogP contribution in [0.25, 0.3) is 11.3 Å². The fourth-order valence-electron chi connectivity index (χ4n) is 2.43. The van der Waals surface area contributed by atoms with Crippen molar-refractivity contribution in [3.63, 3.8) is 0 Å². The normalized spacial score (nSPS) is 10.5. The second-order valence-electron chi connectivity index (χ2n) is 5.57. The van der Waals surface area contributed by atoms with Gasteiger partial charge in [-0.2, -0.15) is 0 Å². The fourth-order valence-corrected chi connectivity index (χ4v) is 3.13. The number of ether oxygens (including phenoxy) is 1. The van der Waals surface area contributed by atoms with Crippen molar-refractivity contribution >= 4 is 28.3 Å². The topological polar surface area (TPSA) is 84.1 Å². The minimum absolute atomic E-state index is 0.148. The molecule has 7 heteroatoms. The molecule has 1 amide bonds. The summed E-state index contributed by atoms with van der Waals surface area (Å²) in [7, 11) is 0. The molecule has 6 nitrogen and oxygen atoms in total. The van der Waals surface area contributed by atoms with Gasteiger partial charge in [0.2, 0.25) is 5.91 Å². The molecule has 0 aliphatic carbocycles. The quantitative estimate of drug-likeness (QED) is 0.619. The van der Waals surface area contributed by atoms with Crippen LogP contribution in [0.2, 0.25) is 0 Å². The highest BCUT2D eigenvalue weighted by molar-refractivity contribution is 7.14. The van der Waals surface area contributed by atoms with Crippen molar-refractivity contribution in [2.24, 2.45) is 0 Å². The van der Waals surface area contributed by atoms with E-state index in [0.717, 1.165) is 17.0 Å². The molecule has 0 spiro atoms. The van der Waals surface area contributed by atoms with Gasteiger partial charge in [-0.25, -0.2) is 9.78 Å². The lowest BCUT2D eigenvalue weighted by molar-refractivity contribution is -0.116. The maximum absolute atomic E-state index is 12.1. The third-order valence-corrected chi connectivity index (χ3v) is 4.45. The minimum atomic E-state index is -0.482. The van der Waals surface area contributed by atoms with Crippen LogP contribution in [0, 0.1) is 0 Å². The molecule has 26 heavy (non-hydrogen) atoms. The number of hydrogen-bond donors (Lipinski definition) is 2. The van der Waals surface area contributed by atoms with Gasteiger partial charge in [0.15, 0.2) is 10.8 Å². The number of aromatic nitrogens is 2. The Morgan fingerprint density at radius 2 is 2.00 bits per heavy atom. The number of aryl methyl sites for hydroxylation is 1. The van der Waals surface area contributed by atoms with Crippen LogP contribution in [-0.2, 0) is 16.0 Å². The molecule has 2 heterocycles. The van der Waals surface area contributed by atoms with Crippen LogP contribution in [0.4, 0.5) is 5.13 Å². The molecule has 2 aromatic heterocycles. The van der Waals surface area contributed by atoms with Crippen molar-refractivity contribution in [1.29, 1.82) is 0 Å². The lowest BCUT2D eigenvalue weighted by Gasteiger charge is -2.01. The Hall–Kier alpha value is -2.93. The van der Waals surface area contributed by atoms with E-state index in [2.05, 4.69) is 15.3 Å². The molecule has 1 aromatic carbocycles. The van der Waals surface area contributed by atoms with E-state index >= 15 is 0 Å². The van der Waals surface area contributed by atoms with Gasteiger partial charge >= 0.3 is 5.97 Å². The van der Waals surface area contributed by atoms with E-state index in [0.29, 0.717) is 24.6 Å². The number of anilines is 1. The third kappa shape index (κ3) is 4.58. The molecule has 0 aliphatic rings. The molecule has 0 saturated heterocycles. The molecule has 0 bridgehead atoms. The van der Waals surface area contributed by atoms with Crippen molar-refractivity contribution < 1.29 is 14.3 Å². The number of amides is 1. The molecule has 134 valence electrons. The largest absolute Gasteiger partial charge is 0.461 e. The Kier molecular flexibility index (Phi) is 5.80. The first-order chi connectivity index (χ1) is 12.7. The summed E-state index contributed by atoms with van der Waals surface area (Å²) in [6, 6.07) is 14.0. The van der Waals surface area contributed by atoms with Gasteiger partial charge in [0.1, 0.15) is 0 Å². The first-order valence-corrected chi connectivity index (χ1v) is 9.19. The molecule has 0 atom stereocenters. The Morgan fingerprint density at radius 1 is 1.19 bits per heavy atom. The Bertz CT molecular complexity index is 886. The number of thiazole rings is 1. The van der Waals surface area contributed by atoms with Crippen LogP contribution < -0.4 is 5.32 Å². The molecular weight excluding hydrogens is 350 g/mol. The number of rotatable bonds is 7. The zero-order chi connectivity index (χ0) is 18.4. The second kappa shape index (κ2) is 8.44. The molecule has 0 saturated carbocycles. The van der Waals surface area contributed by atoms with Gasteiger partial charge in [-0.1, -0.05) is 30.3 Å². The summed E-state index contributed by atoms with van der Waals surface area (Å²) in [6.07, 6.45) is 0.915. The van der Waals surface area contributed by atoms with E-state index in [1.807, 2.05) is 42.5 Å². The smallest absolute Gasteiger partial charge is 0.357 e. The van der Waals surface area contributed by atoms with Crippen LogP contribution in [0.3, 0.4) is 0 Å². The number of esters is 1. The zero-order valence-corrected chi connectivity index (χ0v) is 15.1. The van der Waals surface area contributed by atoms with Crippen LogP contribution in [0.5, 0.6) is 0 Å². The molecule has 3 rings (SSSR count). The Labute approximate surface area is 155 Å². The average Bonchev–Trinajstić information content (AvgIpc) is 3.30. The monoisotopic (exact) mass is 369 g/mol. The van der Waals surface area contributed by atoms with Crippen molar-refractivity contribution in [2.75, 3.05) is 11.9 Å². The van der Waals surface area contributed by atoms with Crippen molar-refractivity contribution in [2.45, 2.75) is 19.8 Å². The molecule has 3 aromatic rings. The number of nitrogens with zero attached hydrogens (tertiary/aromatic N) is 1. The second-order valence-corrected chi connectivity index (χ2v) is 6.43. The third-order valence-electron chi connectivity index (χ3n) is 3.69. The SMILES string of the molecule is CCOC(=O)c1csc(NC(=O)CCc2ccc(-c3ccccc3)[nH]2)n1. The van der Waals surface area contributed by atoms with Crippen molar-refractivity contribution in [3.05, 3.63) is 59.2 Å². The van der Waals surface area contributed by atoms with Crippen molar-refractivity contribution in [1.82, 2.24) is 9.97 Å². The van der Waals surface area contributed by atoms with E-state index in [1.54, 1.807) is 12.3 Å². The average molecular weight is 369 g/mol. The van der Waals surface area contributed by atoms with Gasteiger partial charge < -0.3 is 15.0 Å². The number of nitrogens with one attached hydrogen (secondary N) is 2. The van der Waals surface area contributed by atoms with Gasteiger partial charge in [0.25, 0.3) is 0 Å². The lowest BCUT2D eigenvalue weighted by atomic mass is 10.2. The molecule has 0 unspecified atom stereocenters. The predicted molar refractivity (Wildman–Crippen MR) is 101 cm³/mol. The summed E-state index contributed by atoms with van der Waals surface area (Å²) in [5.74, 6) is -0.630. The molecular formula is C19H19N3O3S. The maximum atomic E-state index is 12.1. The van der Waals surface area contributed by atoms with Crippen LogP contribution in [0.1, 0.15) is 29.5 Å². The number of H-pyrrole nitrogens is 1. The summed E-state index contributed by atoms with van der Waals surface area (Å²) in [6.45, 7) is 2.02. The minimum Gasteiger partial charge on any atom is -0.461 e. The highest BCUT2D eigenvalue weighted by atomic mass is 32.1. The highest BCUT2D eigenvalue weighted by Gasteiger charge is 2.13. The summed E-state index contributed by atoms with van der Waals surface area (Å²) >= 11 is 1.20. The van der Waals surface area contributed by atoms with Gasteiger partial charge in [0, 0.05) is 23.2 Å². The molecule has 0 fully saturated rings. The number of benzene rings is 1. The summed E-state index contributed by atoms with van der Waals surface area (Å²) in [4.78, 5) is 31.1. The van der Waals surface area contributed by atoms with E-state index in [9.17, 15) is 9.59 Å². The fraction of sp³-hybridized carbons (Fsp3) is 0.211. The number of carbonyl (C=O) groups is 2. The highest BCUT2D eigenvalue weighted by Crippen LogP contribution is 2.19. The van der Waals surface area contributed by atoms with Gasteiger partial charge in [0.05, 0.1) is 6.61 Å². The van der Waals surface area contributed by atoms with E-state index in [-0.39, 0.29) is 11.6 Å². The predicted octanol–water partition coefficient (Wildman–Crippen LogP) is 3.89. The lowest BCUT2D eigenvalue weighted by Crippen LogP contribution is -2.13. The first-order valence-electron chi connectivity index (χ1n) is 8.31. The molecule has 0 aliphatic heterocycles. The van der Waals surface area contributed by atoms with E-state index < -0.39 is 5.97 Å². The van der Waals surface area contributed by atoms with Gasteiger partial charge in [-0.15, -0.1) is 11.3 Å². The van der Waals surface area contributed by atoms with Gasteiger partial charge in [-0.3, -0.25) is 4.79 Å². The van der Waals surface area contributed by atoms with Crippen molar-refractivity contribution in [3.8, 4) is 11.3 Å². The summed E-state index contributed by atoms with van der Waals surface area (Å²) in [5.41, 5.74) is 3.34. The summed E-state index contributed by atoms with van der Waals surface area (Å²) in [5, 5.41) is 4.69. The number of hydrogen-bond acceptors (Lipinski definition) is 5. The number of aromatic amines is 1. The van der Waals surface area contributed by atoms with Crippen LogP contribution in [-0.4, -0.2) is 28.5 Å². The Morgan fingerprint density at radius 3 is 2.77 bits per heavy atom. The standard InChI is InChI=1S/C19H19N3O3S/c1-2-25-18(24)16-12-26-19(21-16)22-17(23)11-9-14-8-10-15(20-14)13-6-4-3-5-7-13/h3-8,10,12,20H,2,9,11H2,1H3,(H,21,22,23). The molecule has 0 radical (unpaired) electrons. The van der Waals surface area contributed by atoms with Crippen LogP contribution in [0.15, 0.2) is 47.8 Å². The van der Waals surface area contributed by atoms with Crippen LogP contribution >= 0.6 is 11.3 Å². The summed E-state index contributed by atoms with van der Waals surface area (Å²) < 4.78 is 4.88. The zero-order valence-electron chi connectivity index (χ0n) is 14.3. The maximum Gasteiger partial charge on any atom is 0.357 e. The van der Waals surface area contributed by atoms with Gasteiger partial charge in [-0.05, 0) is 31.0 Å².